The van der Waals surface area contributed by atoms with Gasteiger partial charge in [-0.2, -0.15) is 0 Å². The fourth-order valence-corrected chi connectivity index (χ4v) is 5.32. The molecule has 4 aromatic rings. The molecule has 6 nitrogen and oxygen atoms in total. The van der Waals surface area contributed by atoms with Crippen molar-refractivity contribution in [3.05, 3.63) is 102 Å². The van der Waals surface area contributed by atoms with Crippen LogP contribution in [-0.4, -0.2) is 33.9 Å². The van der Waals surface area contributed by atoms with E-state index >= 15 is 0 Å². The van der Waals surface area contributed by atoms with E-state index in [1.54, 1.807) is 6.07 Å². The predicted molar refractivity (Wildman–Crippen MR) is 146 cm³/mol. The molecule has 178 valence electrons. The quantitative estimate of drug-likeness (QED) is 0.369. The van der Waals surface area contributed by atoms with Gasteiger partial charge in [0.2, 0.25) is 0 Å². The van der Waals surface area contributed by atoms with Gasteiger partial charge in [0, 0.05) is 43.1 Å². The zero-order chi connectivity index (χ0) is 24.7. The minimum atomic E-state index is -0.129. The largest absolute Gasteiger partial charge is 0.506 e. The van der Waals surface area contributed by atoms with Crippen LogP contribution < -0.4 is 15.1 Å². The number of para-hydroxylation sites is 2. The molecule has 0 saturated carbocycles. The van der Waals surface area contributed by atoms with Crippen LogP contribution in [0.2, 0.25) is 0 Å². The molecule has 2 unspecified atom stereocenters. The number of rotatable bonds is 5. The minimum Gasteiger partial charge on any atom is -0.506 e. The smallest absolute Gasteiger partial charge is 0.174 e. The summed E-state index contributed by atoms with van der Waals surface area (Å²) >= 11 is 5.89. The predicted octanol–water partition coefficient (Wildman–Crippen LogP) is 5.44. The summed E-state index contributed by atoms with van der Waals surface area (Å²) < 4.78 is 2.11. The summed E-state index contributed by atoms with van der Waals surface area (Å²) in [6.07, 6.45) is 1.82. The molecular formula is C28H29N5OS. The lowest BCUT2D eigenvalue weighted by atomic mass is 9.96. The van der Waals surface area contributed by atoms with Gasteiger partial charge in [0.1, 0.15) is 5.75 Å². The van der Waals surface area contributed by atoms with Crippen molar-refractivity contribution >= 4 is 28.7 Å². The second kappa shape index (κ2) is 9.07. The van der Waals surface area contributed by atoms with Crippen molar-refractivity contribution in [3.8, 4) is 11.4 Å². The first-order chi connectivity index (χ1) is 16.9. The number of phenols is 1. The Morgan fingerprint density at radius 3 is 2.34 bits per heavy atom. The molecule has 0 radical (unpaired) electrons. The van der Waals surface area contributed by atoms with Gasteiger partial charge in [-0.25, -0.2) is 0 Å². The molecule has 2 aromatic heterocycles. The van der Waals surface area contributed by atoms with E-state index in [2.05, 4.69) is 68.8 Å². The molecule has 1 aliphatic heterocycles. The third-order valence-electron chi connectivity index (χ3n) is 6.65. The summed E-state index contributed by atoms with van der Waals surface area (Å²) in [4.78, 5) is 8.93. The number of aromatic hydroxyl groups is 1. The number of nitrogens with one attached hydrogen (secondary N) is 1. The van der Waals surface area contributed by atoms with Gasteiger partial charge in [0.15, 0.2) is 5.11 Å². The maximum absolute atomic E-state index is 10.6. The van der Waals surface area contributed by atoms with Gasteiger partial charge in [-0.15, -0.1) is 0 Å². The molecule has 35 heavy (non-hydrogen) atoms. The van der Waals surface area contributed by atoms with Crippen molar-refractivity contribution in [2.24, 2.45) is 0 Å². The van der Waals surface area contributed by atoms with E-state index in [0.717, 1.165) is 39.7 Å². The standard InChI is InChI=1S/C28H29N5OS/c1-18-17-22(19(2)32(18)24-10-5-6-11-25(24)34)27-26(23-9-7-8-16-29-23)30-28(35)33(27)21-14-12-20(13-15-21)31(3)4/h5-17,26-27,34H,1-4H3,(H,30,35). The Morgan fingerprint density at radius 2 is 1.69 bits per heavy atom. The molecule has 0 amide bonds. The highest BCUT2D eigenvalue weighted by atomic mass is 32.1. The van der Waals surface area contributed by atoms with E-state index in [-0.39, 0.29) is 17.8 Å². The molecule has 1 saturated heterocycles. The Balaban J connectivity index is 1.67. The lowest BCUT2D eigenvalue weighted by Crippen LogP contribution is -2.29. The van der Waals surface area contributed by atoms with Crippen LogP contribution in [0.3, 0.4) is 0 Å². The zero-order valence-electron chi connectivity index (χ0n) is 20.3. The third kappa shape index (κ3) is 4.02. The van der Waals surface area contributed by atoms with Crippen LogP contribution in [0, 0.1) is 13.8 Å². The Bertz CT molecular complexity index is 1360. The molecule has 3 heterocycles. The Kier molecular flexibility index (Phi) is 5.94. The van der Waals surface area contributed by atoms with Crippen LogP contribution in [0.15, 0.2) is 79.0 Å². The van der Waals surface area contributed by atoms with Gasteiger partial charge in [-0.3, -0.25) is 4.98 Å². The van der Waals surface area contributed by atoms with Crippen LogP contribution in [0.4, 0.5) is 11.4 Å². The first-order valence-corrected chi connectivity index (χ1v) is 12.0. The molecule has 1 fully saturated rings. The van der Waals surface area contributed by atoms with E-state index in [1.807, 2.05) is 56.7 Å². The second-order valence-electron chi connectivity index (χ2n) is 9.06. The Labute approximate surface area is 211 Å². The Hall–Kier alpha value is -3.84. The summed E-state index contributed by atoms with van der Waals surface area (Å²) in [5.74, 6) is 0.248. The van der Waals surface area contributed by atoms with Crippen molar-refractivity contribution in [1.29, 1.82) is 0 Å². The number of hydrogen-bond donors (Lipinski definition) is 2. The summed E-state index contributed by atoms with van der Waals surface area (Å²) in [6, 6.07) is 23.8. The summed E-state index contributed by atoms with van der Waals surface area (Å²) in [5, 5.41) is 14.8. The monoisotopic (exact) mass is 483 g/mol. The summed E-state index contributed by atoms with van der Waals surface area (Å²) in [5.41, 5.74) is 7.06. The number of pyridine rings is 1. The first kappa shape index (κ1) is 22.9. The zero-order valence-corrected chi connectivity index (χ0v) is 21.1. The Morgan fingerprint density at radius 1 is 0.971 bits per heavy atom. The molecule has 0 aliphatic carbocycles. The second-order valence-corrected chi connectivity index (χ2v) is 9.44. The fraction of sp³-hybridized carbons (Fsp3) is 0.214. The lowest BCUT2D eigenvalue weighted by molar-refractivity contribution is 0.471. The number of nitrogens with zero attached hydrogens (tertiary/aromatic N) is 4. The molecule has 2 N–H and O–H groups in total. The number of anilines is 2. The molecular weight excluding hydrogens is 454 g/mol. The van der Waals surface area contributed by atoms with Crippen molar-refractivity contribution in [3.63, 3.8) is 0 Å². The molecule has 0 spiro atoms. The van der Waals surface area contributed by atoms with Gasteiger partial charge in [-0.05, 0) is 86.2 Å². The van der Waals surface area contributed by atoms with Crippen LogP contribution in [0.25, 0.3) is 5.69 Å². The third-order valence-corrected chi connectivity index (χ3v) is 6.97. The van der Waals surface area contributed by atoms with Crippen LogP contribution in [0.1, 0.15) is 34.7 Å². The SMILES string of the molecule is Cc1cc(C2C(c3ccccn3)NC(=S)N2c2ccc(N(C)C)cc2)c(C)n1-c1ccccc1O. The number of aromatic nitrogens is 2. The van der Waals surface area contributed by atoms with E-state index < -0.39 is 0 Å². The summed E-state index contributed by atoms with van der Waals surface area (Å²) in [7, 11) is 4.07. The molecule has 1 aliphatic rings. The van der Waals surface area contributed by atoms with Gasteiger partial charge in [0.25, 0.3) is 0 Å². The highest BCUT2D eigenvalue weighted by Gasteiger charge is 2.42. The van der Waals surface area contributed by atoms with Gasteiger partial charge >= 0.3 is 0 Å². The molecule has 0 bridgehead atoms. The number of benzene rings is 2. The number of thiocarbonyl (C=S) groups is 1. The highest BCUT2D eigenvalue weighted by molar-refractivity contribution is 7.80. The highest BCUT2D eigenvalue weighted by Crippen LogP contribution is 2.44. The van der Waals surface area contributed by atoms with Crippen molar-refractivity contribution in [1.82, 2.24) is 14.9 Å². The molecule has 7 heteroatoms. The van der Waals surface area contributed by atoms with Crippen molar-refractivity contribution in [2.75, 3.05) is 23.9 Å². The fourth-order valence-electron chi connectivity index (χ4n) is 4.97. The van der Waals surface area contributed by atoms with Crippen LogP contribution in [0.5, 0.6) is 5.75 Å². The minimum absolute atomic E-state index is 0.117. The molecule has 2 aromatic carbocycles. The van der Waals surface area contributed by atoms with E-state index in [1.165, 1.54) is 0 Å². The number of hydrogen-bond acceptors (Lipinski definition) is 4. The van der Waals surface area contributed by atoms with Gasteiger partial charge < -0.3 is 24.8 Å². The maximum Gasteiger partial charge on any atom is 0.174 e. The molecule has 2 atom stereocenters. The van der Waals surface area contributed by atoms with Gasteiger partial charge in [-0.1, -0.05) is 18.2 Å². The van der Waals surface area contributed by atoms with Crippen molar-refractivity contribution < 1.29 is 5.11 Å². The van der Waals surface area contributed by atoms with E-state index in [4.69, 9.17) is 12.2 Å². The average Bonchev–Trinajstić information content (AvgIpc) is 3.35. The molecule has 5 rings (SSSR count). The van der Waals surface area contributed by atoms with Gasteiger partial charge in [0.05, 0.1) is 23.5 Å². The number of aryl methyl sites for hydroxylation is 1. The average molecular weight is 484 g/mol. The van der Waals surface area contributed by atoms with E-state index in [9.17, 15) is 5.11 Å². The van der Waals surface area contributed by atoms with E-state index in [0.29, 0.717) is 5.11 Å². The lowest BCUT2D eigenvalue weighted by Gasteiger charge is -2.28. The van der Waals surface area contributed by atoms with Crippen molar-refractivity contribution in [2.45, 2.75) is 25.9 Å². The maximum atomic E-state index is 10.6. The first-order valence-electron chi connectivity index (χ1n) is 11.6. The summed E-state index contributed by atoms with van der Waals surface area (Å²) in [6.45, 7) is 4.16. The van der Waals surface area contributed by atoms with Crippen LogP contribution >= 0.6 is 12.2 Å². The number of phenolic OH excluding ortho intramolecular Hbond substituents is 1. The normalized spacial score (nSPS) is 17.5. The van der Waals surface area contributed by atoms with Crippen LogP contribution in [-0.2, 0) is 0 Å². The topological polar surface area (TPSA) is 56.6 Å².